The average Bonchev–Trinajstić information content (AvgIpc) is 3.10. The second-order valence-electron chi connectivity index (χ2n) is 6.80. The van der Waals surface area contributed by atoms with Gasteiger partial charge in [-0.3, -0.25) is 4.99 Å². The number of hydrogen-bond donors (Lipinski definition) is 1. The van der Waals surface area contributed by atoms with E-state index < -0.39 is 0 Å². The van der Waals surface area contributed by atoms with Crippen LogP contribution < -0.4 is 5.32 Å². The van der Waals surface area contributed by atoms with Crippen molar-refractivity contribution in [2.24, 2.45) is 16.8 Å². The van der Waals surface area contributed by atoms with Crippen LogP contribution in [0.3, 0.4) is 0 Å². The molecule has 4 nitrogen and oxygen atoms in total. The number of likely N-dealkylation sites (tertiary alicyclic amines) is 1. The molecular formula is C17H27N3O. The zero-order valence-electron chi connectivity index (χ0n) is 13.2. The highest BCUT2D eigenvalue weighted by Gasteiger charge is 2.28. The minimum absolute atomic E-state index is 0.653. The summed E-state index contributed by atoms with van der Waals surface area (Å²) >= 11 is 0. The molecular weight excluding hydrogens is 262 g/mol. The third-order valence-electron chi connectivity index (χ3n) is 4.28. The molecule has 1 aromatic heterocycles. The van der Waals surface area contributed by atoms with Crippen LogP contribution in [0, 0.1) is 11.8 Å². The lowest BCUT2D eigenvalue weighted by Crippen LogP contribution is -2.49. The third kappa shape index (κ3) is 4.26. The van der Waals surface area contributed by atoms with E-state index in [1.165, 1.54) is 19.3 Å². The summed E-state index contributed by atoms with van der Waals surface area (Å²) < 4.78 is 5.39. The van der Waals surface area contributed by atoms with Gasteiger partial charge in [-0.1, -0.05) is 13.8 Å². The van der Waals surface area contributed by atoms with Crippen LogP contribution in [0.15, 0.2) is 27.8 Å². The Balaban J connectivity index is 1.61. The van der Waals surface area contributed by atoms with Crippen LogP contribution in [0.2, 0.25) is 0 Å². The monoisotopic (exact) mass is 289 g/mol. The fraction of sp³-hybridized carbons (Fsp3) is 0.706. The molecule has 0 aromatic carbocycles. The summed E-state index contributed by atoms with van der Waals surface area (Å²) in [5, 5.41) is 3.63. The van der Waals surface area contributed by atoms with Gasteiger partial charge in [0.1, 0.15) is 5.76 Å². The van der Waals surface area contributed by atoms with Crippen molar-refractivity contribution in [3.8, 4) is 0 Å². The molecule has 2 atom stereocenters. The highest BCUT2D eigenvalue weighted by molar-refractivity contribution is 5.80. The highest BCUT2D eigenvalue weighted by atomic mass is 16.3. The minimum atomic E-state index is 0.653. The molecule has 0 amide bonds. The molecule has 0 radical (unpaired) electrons. The summed E-state index contributed by atoms with van der Waals surface area (Å²) in [6.45, 7) is 7.75. The van der Waals surface area contributed by atoms with E-state index in [0.717, 1.165) is 49.6 Å². The molecule has 2 heterocycles. The van der Waals surface area contributed by atoms with Crippen molar-refractivity contribution >= 4 is 5.96 Å². The lowest BCUT2D eigenvalue weighted by Gasteiger charge is -2.37. The number of aliphatic imine (C=N–C) groups is 1. The van der Waals surface area contributed by atoms with E-state index in [1.54, 1.807) is 6.26 Å². The molecule has 0 spiro atoms. The molecule has 0 bridgehead atoms. The Morgan fingerprint density at radius 1 is 1.33 bits per heavy atom. The summed E-state index contributed by atoms with van der Waals surface area (Å²) in [6, 6.07) is 4.62. The molecule has 1 aliphatic carbocycles. The van der Waals surface area contributed by atoms with Crippen LogP contribution in [0.4, 0.5) is 0 Å². The van der Waals surface area contributed by atoms with Crippen molar-refractivity contribution in [1.29, 1.82) is 0 Å². The Labute approximate surface area is 127 Å². The van der Waals surface area contributed by atoms with Crippen LogP contribution in [0.25, 0.3) is 0 Å². The van der Waals surface area contributed by atoms with Crippen LogP contribution >= 0.6 is 0 Å². The fourth-order valence-electron chi connectivity index (χ4n) is 3.21. The van der Waals surface area contributed by atoms with Gasteiger partial charge in [-0.25, -0.2) is 0 Å². The van der Waals surface area contributed by atoms with Gasteiger partial charge in [0.2, 0.25) is 0 Å². The topological polar surface area (TPSA) is 40.8 Å². The number of nitrogens with one attached hydrogen (secondary N) is 1. The maximum absolute atomic E-state index is 5.39. The molecule has 2 unspecified atom stereocenters. The number of piperidine rings is 1. The van der Waals surface area contributed by atoms with Crippen molar-refractivity contribution in [3.05, 3.63) is 24.2 Å². The quantitative estimate of drug-likeness (QED) is 0.684. The van der Waals surface area contributed by atoms with E-state index in [-0.39, 0.29) is 0 Å². The largest absolute Gasteiger partial charge is 0.469 e. The highest BCUT2D eigenvalue weighted by Crippen LogP contribution is 2.23. The van der Waals surface area contributed by atoms with Crippen molar-refractivity contribution in [3.63, 3.8) is 0 Å². The Morgan fingerprint density at radius 3 is 2.71 bits per heavy atom. The van der Waals surface area contributed by atoms with E-state index >= 15 is 0 Å². The van der Waals surface area contributed by atoms with E-state index in [2.05, 4.69) is 24.1 Å². The molecule has 2 aliphatic rings. The zero-order chi connectivity index (χ0) is 14.7. The Bertz CT molecular complexity index is 454. The standard InChI is InChI=1S/C17H27N3O/c1-13-10-14(2)12-20(11-13)17(19-15-5-6-15)18-8-7-16-4-3-9-21-16/h3-4,9,13-15H,5-8,10-12H2,1-2H3,(H,18,19). The SMILES string of the molecule is CC1CC(C)CN(C(=NCCc2ccco2)NC2CC2)C1. The second kappa shape index (κ2) is 6.54. The molecule has 1 aliphatic heterocycles. The first-order chi connectivity index (χ1) is 10.2. The molecule has 3 rings (SSSR count). The van der Waals surface area contributed by atoms with Crippen LogP contribution in [0.1, 0.15) is 38.9 Å². The second-order valence-corrected chi connectivity index (χ2v) is 6.80. The van der Waals surface area contributed by atoms with Crippen molar-refractivity contribution < 1.29 is 4.42 Å². The van der Waals surface area contributed by atoms with Crippen LogP contribution in [0.5, 0.6) is 0 Å². The zero-order valence-corrected chi connectivity index (χ0v) is 13.2. The van der Waals surface area contributed by atoms with Gasteiger partial charge in [0.05, 0.1) is 6.26 Å². The predicted octanol–water partition coefficient (Wildman–Crippen LogP) is 2.91. The summed E-state index contributed by atoms with van der Waals surface area (Å²) in [4.78, 5) is 7.30. The molecule has 2 fully saturated rings. The first kappa shape index (κ1) is 14.5. The Hall–Kier alpha value is -1.45. The van der Waals surface area contributed by atoms with Crippen molar-refractivity contribution in [2.45, 2.75) is 45.6 Å². The Morgan fingerprint density at radius 2 is 2.10 bits per heavy atom. The maximum Gasteiger partial charge on any atom is 0.194 e. The molecule has 4 heteroatoms. The van der Waals surface area contributed by atoms with E-state index in [9.17, 15) is 0 Å². The number of guanidine groups is 1. The summed E-state index contributed by atoms with van der Waals surface area (Å²) in [7, 11) is 0. The van der Waals surface area contributed by atoms with Gasteiger partial charge in [-0.2, -0.15) is 0 Å². The van der Waals surface area contributed by atoms with Gasteiger partial charge in [-0.15, -0.1) is 0 Å². The molecule has 1 aromatic rings. The van der Waals surface area contributed by atoms with Gasteiger partial charge in [0.25, 0.3) is 0 Å². The lowest BCUT2D eigenvalue weighted by molar-refractivity contribution is 0.208. The van der Waals surface area contributed by atoms with Gasteiger partial charge >= 0.3 is 0 Å². The van der Waals surface area contributed by atoms with Crippen LogP contribution in [-0.2, 0) is 6.42 Å². The molecule has 1 saturated heterocycles. The number of hydrogen-bond acceptors (Lipinski definition) is 2. The van der Waals surface area contributed by atoms with E-state index in [4.69, 9.17) is 9.41 Å². The lowest BCUT2D eigenvalue weighted by atomic mass is 9.92. The van der Waals surface area contributed by atoms with Crippen molar-refractivity contribution in [2.75, 3.05) is 19.6 Å². The van der Waals surface area contributed by atoms with Crippen LogP contribution in [-0.4, -0.2) is 36.5 Å². The van der Waals surface area contributed by atoms with Gasteiger partial charge in [-0.05, 0) is 43.2 Å². The molecule has 1 N–H and O–H groups in total. The molecule has 116 valence electrons. The van der Waals surface area contributed by atoms with Crippen molar-refractivity contribution in [1.82, 2.24) is 10.2 Å². The summed E-state index contributed by atoms with van der Waals surface area (Å²) in [5.41, 5.74) is 0. The number of rotatable bonds is 4. The van der Waals surface area contributed by atoms with Gasteiger partial charge in [0, 0.05) is 32.1 Å². The first-order valence-corrected chi connectivity index (χ1v) is 8.29. The van der Waals surface area contributed by atoms with E-state index in [1.807, 2.05) is 12.1 Å². The fourth-order valence-corrected chi connectivity index (χ4v) is 3.21. The van der Waals surface area contributed by atoms with Gasteiger partial charge < -0.3 is 14.6 Å². The maximum atomic E-state index is 5.39. The third-order valence-corrected chi connectivity index (χ3v) is 4.28. The molecule has 1 saturated carbocycles. The first-order valence-electron chi connectivity index (χ1n) is 8.29. The summed E-state index contributed by atoms with van der Waals surface area (Å²) in [6.07, 6.45) is 6.52. The van der Waals surface area contributed by atoms with E-state index in [0.29, 0.717) is 6.04 Å². The number of furan rings is 1. The average molecular weight is 289 g/mol. The smallest absolute Gasteiger partial charge is 0.194 e. The van der Waals surface area contributed by atoms with Gasteiger partial charge in [0.15, 0.2) is 5.96 Å². The predicted molar refractivity (Wildman–Crippen MR) is 85.4 cm³/mol. The minimum Gasteiger partial charge on any atom is -0.469 e. The Kier molecular flexibility index (Phi) is 4.51. The summed E-state index contributed by atoms with van der Waals surface area (Å²) in [5.74, 6) is 3.64. The normalized spacial score (nSPS) is 27.0. The number of nitrogens with zero attached hydrogens (tertiary/aromatic N) is 2. The molecule has 21 heavy (non-hydrogen) atoms.